The summed E-state index contributed by atoms with van der Waals surface area (Å²) in [5.74, 6) is 0.829. The summed E-state index contributed by atoms with van der Waals surface area (Å²) in [6.45, 7) is 20.6. The molecule has 50 heavy (non-hydrogen) atoms. The van der Waals surface area contributed by atoms with Gasteiger partial charge in [-0.05, 0) is 51.2 Å². The first-order valence-corrected chi connectivity index (χ1v) is 19.4. The number of nitrogens with one attached hydrogen (secondary N) is 1. The lowest BCUT2D eigenvalue weighted by Gasteiger charge is -2.17. The van der Waals surface area contributed by atoms with E-state index in [1.807, 2.05) is 26.8 Å². The first kappa shape index (κ1) is 46.1. The van der Waals surface area contributed by atoms with E-state index in [9.17, 15) is 4.79 Å². The SMILES string of the molecule is C/C=C\SC(=C(C)C)c1ccc(CNC(=O)C(C)CCCCCC)c(OCCOCCOCCOCCOCCOCCOCCOCC)c1. The zero-order valence-corrected chi connectivity index (χ0v) is 32.7. The summed E-state index contributed by atoms with van der Waals surface area (Å²) in [6, 6.07) is 6.23. The molecule has 1 N–H and O–H groups in total. The van der Waals surface area contributed by atoms with E-state index in [1.54, 1.807) is 11.8 Å². The Morgan fingerprint density at radius 3 is 1.74 bits per heavy atom. The second-order valence-electron chi connectivity index (χ2n) is 11.9. The highest BCUT2D eigenvalue weighted by molar-refractivity contribution is 8.10. The summed E-state index contributed by atoms with van der Waals surface area (Å²) < 4.78 is 44.7. The zero-order chi connectivity index (χ0) is 36.5. The van der Waals surface area contributed by atoms with Gasteiger partial charge in [0.2, 0.25) is 5.91 Å². The Morgan fingerprint density at radius 2 is 1.26 bits per heavy atom. The van der Waals surface area contributed by atoms with Crippen LogP contribution in [-0.2, 0) is 44.5 Å². The van der Waals surface area contributed by atoms with Gasteiger partial charge in [0.1, 0.15) is 12.4 Å². The van der Waals surface area contributed by atoms with Crippen molar-refractivity contribution in [2.45, 2.75) is 80.2 Å². The molecule has 0 saturated carbocycles. The minimum absolute atomic E-state index is 0.00950. The number of unbranched alkanes of at least 4 members (excludes halogenated alkanes) is 3. The number of carbonyl (C=O) groups is 1. The number of rotatable bonds is 34. The number of hydrogen-bond donors (Lipinski definition) is 1. The summed E-state index contributed by atoms with van der Waals surface area (Å²) in [5.41, 5.74) is 3.26. The van der Waals surface area contributed by atoms with Crippen LogP contribution in [0.15, 0.2) is 35.3 Å². The third-order valence-electron chi connectivity index (χ3n) is 7.42. The van der Waals surface area contributed by atoms with E-state index in [2.05, 4.69) is 49.7 Å². The summed E-state index contributed by atoms with van der Waals surface area (Å²) in [4.78, 5) is 14.0. The smallest absolute Gasteiger partial charge is 0.223 e. The highest BCUT2D eigenvalue weighted by Crippen LogP contribution is 2.34. The van der Waals surface area contributed by atoms with Crippen molar-refractivity contribution in [2.24, 2.45) is 5.92 Å². The first-order chi connectivity index (χ1) is 24.4. The molecular formula is C39H67NO9S. The lowest BCUT2D eigenvalue weighted by atomic mass is 10.0. The summed E-state index contributed by atoms with van der Waals surface area (Å²) >= 11 is 1.69. The number of ether oxygens (including phenoxy) is 8. The van der Waals surface area contributed by atoms with E-state index >= 15 is 0 Å². The monoisotopic (exact) mass is 725 g/mol. The van der Waals surface area contributed by atoms with Crippen LogP contribution in [-0.4, -0.2) is 105 Å². The molecule has 1 amide bonds. The van der Waals surface area contributed by atoms with Crippen molar-refractivity contribution in [1.82, 2.24) is 5.32 Å². The van der Waals surface area contributed by atoms with Crippen LogP contribution in [0.5, 0.6) is 5.75 Å². The third-order valence-corrected chi connectivity index (χ3v) is 8.71. The van der Waals surface area contributed by atoms with Gasteiger partial charge in [0.05, 0.1) is 85.9 Å². The molecule has 1 unspecified atom stereocenters. The fraction of sp³-hybridized carbons (Fsp3) is 0.718. The van der Waals surface area contributed by atoms with Gasteiger partial charge < -0.3 is 43.2 Å². The van der Waals surface area contributed by atoms with Crippen LogP contribution in [0, 0.1) is 5.92 Å². The van der Waals surface area contributed by atoms with E-state index < -0.39 is 0 Å². The quantitative estimate of drug-likeness (QED) is 0.0722. The molecule has 1 aromatic carbocycles. The Kier molecular flexibility index (Phi) is 30.3. The molecule has 0 aliphatic carbocycles. The Bertz CT molecular complexity index is 1030. The minimum Gasteiger partial charge on any atom is -0.491 e. The largest absolute Gasteiger partial charge is 0.491 e. The van der Waals surface area contributed by atoms with Gasteiger partial charge >= 0.3 is 0 Å². The van der Waals surface area contributed by atoms with Gasteiger partial charge in [-0.3, -0.25) is 4.79 Å². The van der Waals surface area contributed by atoms with Crippen molar-refractivity contribution in [3.8, 4) is 5.75 Å². The molecule has 0 aliphatic rings. The number of allylic oxidation sites excluding steroid dienone is 2. The molecule has 11 heteroatoms. The molecular weight excluding hydrogens is 658 g/mol. The summed E-state index contributed by atoms with van der Waals surface area (Å²) in [5, 5.41) is 5.21. The van der Waals surface area contributed by atoms with Crippen molar-refractivity contribution >= 4 is 22.6 Å². The summed E-state index contributed by atoms with van der Waals surface area (Å²) in [6.07, 6.45) is 7.62. The topological polar surface area (TPSA) is 103 Å². The summed E-state index contributed by atoms with van der Waals surface area (Å²) in [7, 11) is 0. The van der Waals surface area contributed by atoms with Gasteiger partial charge in [-0.25, -0.2) is 0 Å². The highest BCUT2D eigenvalue weighted by atomic mass is 32.2. The third kappa shape index (κ3) is 24.3. The van der Waals surface area contributed by atoms with Crippen LogP contribution in [0.4, 0.5) is 0 Å². The van der Waals surface area contributed by atoms with Crippen LogP contribution in [0.2, 0.25) is 0 Å². The normalized spacial score (nSPS) is 12.0. The Hall–Kier alpha value is -1.96. The van der Waals surface area contributed by atoms with Gasteiger partial charge in [0.15, 0.2) is 0 Å². The molecule has 1 aromatic rings. The Labute approximate surface area is 307 Å². The van der Waals surface area contributed by atoms with E-state index in [-0.39, 0.29) is 11.8 Å². The van der Waals surface area contributed by atoms with Crippen molar-refractivity contribution in [1.29, 1.82) is 0 Å². The number of carbonyl (C=O) groups excluding carboxylic acids is 1. The van der Waals surface area contributed by atoms with Gasteiger partial charge in [0.25, 0.3) is 0 Å². The second-order valence-corrected chi connectivity index (χ2v) is 12.8. The maximum Gasteiger partial charge on any atom is 0.223 e. The van der Waals surface area contributed by atoms with E-state index in [4.69, 9.17) is 37.9 Å². The van der Waals surface area contributed by atoms with Crippen molar-refractivity contribution < 1.29 is 42.7 Å². The van der Waals surface area contributed by atoms with Crippen molar-refractivity contribution in [3.63, 3.8) is 0 Å². The highest BCUT2D eigenvalue weighted by Gasteiger charge is 2.15. The number of hydrogen-bond acceptors (Lipinski definition) is 10. The predicted octanol–water partition coefficient (Wildman–Crippen LogP) is 7.44. The van der Waals surface area contributed by atoms with Crippen molar-refractivity contribution in [3.05, 3.63) is 46.4 Å². The Balaban J connectivity index is 2.32. The molecule has 0 heterocycles. The lowest BCUT2D eigenvalue weighted by Crippen LogP contribution is -2.29. The maximum absolute atomic E-state index is 12.8. The van der Waals surface area contributed by atoms with Crippen LogP contribution >= 0.6 is 11.8 Å². The van der Waals surface area contributed by atoms with Crippen LogP contribution in [0.25, 0.3) is 4.91 Å². The molecule has 288 valence electrons. The van der Waals surface area contributed by atoms with E-state index in [0.29, 0.717) is 106 Å². The lowest BCUT2D eigenvalue weighted by molar-refractivity contribution is -0.124. The average Bonchev–Trinajstić information content (AvgIpc) is 3.11. The number of thioether (sulfide) groups is 1. The van der Waals surface area contributed by atoms with Gasteiger partial charge in [-0.15, -0.1) is 0 Å². The number of benzene rings is 1. The molecule has 1 rings (SSSR count). The standard InChI is InChI=1S/C39H67NO9S/c1-7-10-11-12-13-34(6)39(41)40-32-36-15-14-35(38(33(4)5)50-30-8-2)31-37(36)49-29-28-48-27-26-47-25-24-46-23-22-45-21-20-44-19-18-43-17-16-42-9-3/h8,14-15,30-31,34H,7,9-13,16-29,32H2,1-6H3,(H,40,41)/b30-8-. The molecule has 0 spiro atoms. The first-order valence-electron chi connectivity index (χ1n) is 18.5. The van der Waals surface area contributed by atoms with E-state index in [1.165, 1.54) is 29.7 Å². The van der Waals surface area contributed by atoms with Gasteiger partial charge in [-0.1, -0.05) is 75.1 Å². The molecule has 0 radical (unpaired) electrons. The fourth-order valence-electron chi connectivity index (χ4n) is 4.63. The zero-order valence-electron chi connectivity index (χ0n) is 31.9. The van der Waals surface area contributed by atoms with Crippen LogP contribution in [0.1, 0.15) is 84.8 Å². The fourth-order valence-corrected chi connectivity index (χ4v) is 5.40. The second kappa shape index (κ2) is 32.9. The van der Waals surface area contributed by atoms with Crippen LogP contribution < -0.4 is 10.1 Å². The van der Waals surface area contributed by atoms with Gasteiger partial charge in [0, 0.05) is 29.5 Å². The average molecular weight is 726 g/mol. The van der Waals surface area contributed by atoms with Crippen LogP contribution in [0.3, 0.4) is 0 Å². The maximum atomic E-state index is 12.8. The number of amides is 1. The minimum atomic E-state index is -0.00950. The molecule has 0 aliphatic heterocycles. The molecule has 0 fully saturated rings. The van der Waals surface area contributed by atoms with E-state index in [0.717, 1.165) is 29.7 Å². The molecule has 0 bridgehead atoms. The van der Waals surface area contributed by atoms with Crippen molar-refractivity contribution in [2.75, 3.05) is 99.1 Å². The molecule has 0 aromatic heterocycles. The Morgan fingerprint density at radius 1 is 0.740 bits per heavy atom. The molecule has 10 nitrogen and oxygen atoms in total. The molecule has 0 saturated heterocycles. The molecule has 1 atom stereocenters. The van der Waals surface area contributed by atoms with Gasteiger partial charge in [-0.2, -0.15) is 0 Å². The predicted molar refractivity (Wildman–Crippen MR) is 204 cm³/mol.